The van der Waals surface area contributed by atoms with E-state index in [1.807, 2.05) is 6.92 Å². The number of aliphatic hydroxyl groups is 2. The Morgan fingerprint density at radius 2 is 1.59 bits per heavy atom. The number of rotatable bonds is 7. The van der Waals surface area contributed by atoms with Crippen LogP contribution in [-0.2, 0) is 23.7 Å². The fraction of sp³-hybridized carbons (Fsp3) is 0.642. The van der Waals surface area contributed by atoms with Gasteiger partial charge in [-0.2, -0.15) is 0 Å². The van der Waals surface area contributed by atoms with Gasteiger partial charge >= 0.3 is 11.9 Å². The fourth-order valence-electron chi connectivity index (χ4n) is 10.9. The number of methoxy groups -OCH3 is 2. The van der Waals surface area contributed by atoms with E-state index in [0.717, 1.165) is 25.8 Å². The second-order valence-electron chi connectivity index (χ2n) is 20.9. The molecule has 0 unspecified atom stereocenters. The van der Waals surface area contributed by atoms with E-state index >= 15 is 0 Å². The molecule has 2 aromatic rings. The topological polar surface area (TPSA) is 222 Å². The minimum atomic E-state index is -1.98. The molecule has 2 fully saturated rings. The maximum Gasteiger partial charge on any atom is 0.410 e. The van der Waals surface area contributed by atoms with Crippen molar-refractivity contribution in [1.29, 1.82) is 0 Å². The Morgan fingerprint density at radius 3 is 2.23 bits per heavy atom. The summed E-state index contributed by atoms with van der Waals surface area (Å²) in [4.78, 5) is 57.4. The van der Waals surface area contributed by atoms with Crippen molar-refractivity contribution in [3.63, 3.8) is 0 Å². The van der Waals surface area contributed by atoms with Gasteiger partial charge in [0.1, 0.15) is 28.6 Å². The Labute approximate surface area is 411 Å². The molecule has 384 valence electrons. The number of carbonyl (C=O) groups excluding carboxylic acids is 3. The van der Waals surface area contributed by atoms with Crippen molar-refractivity contribution in [2.75, 3.05) is 58.9 Å². The van der Waals surface area contributed by atoms with Crippen LogP contribution in [0.3, 0.4) is 0 Å². The van der Waals surface area contributed by atoms with Gasteiger partial charge in [0.25, 0.3) is 11.7 Å². The van der Waals surface area contributed by atoms with E-state index in [0.29, 0.717) is 57.5 Å². The number of hydrogen-bond acceptors (Lipinski definition) is 15. The van der Waals surface area contributed by atoms with Crippen LogP contribution in [0.15, 0.2) is 46.1 Å². The minimum Gasteiger partial charge on any atom is -0.507 e. The maximum absolute atomic E-state index is 14.9. The zero-order valence-electron chi connectivity index (χ0n) is 42.8. The summed E-state index contributed by atoms with van der Waals surface area (Å²) in [5.41, 5.74) is -0.584. The number of amides is 2. The van der Waals surface area contributed by atoms with E-state index in [1.165, 1.54) is 20.3 Å². The summed E-state index contributed by atoms with van der Waals surface area (Å²) in [5, 5.41) is 51.1. The molecule has 2 amide bonds. The summed E-state index contributed by atoms with van der Waals surface area (Å²) in [5.74, 6) is -5.61. The van der Waals surface area contributed by atoms with Gasteiger partial charge < -0.3 is 59.2 Å². The van der Waals surface area contributed by atoms with Crippen molar-refractivity contribution in [2.24, 2.45) is 45.5 Å². The number of aliphatic hydroxyl groups excluding tert-OH is 2. The number of phenols is 2. The van der Waals surface area contributed by atoms with Gasteiger partial charge in [-0.15, -0.1) is 0 Å². The van der Waals surface area contributed by atoms with Crippen molar-refractivity contribution >= 4 is 34.2 Å². The summed E-state index contributed by atoms with van der Waals surface area (Å²) in [6.07, 6.45) is 6.98. The number of phenolic OH excluding ortho intramolecular Hbond substituents is 2. The molecule has 0 saturated carbocycles. The largest absolute Gasteiger partial charge is 0.507 e. The predicted molar refractivity (Wildman–Crippen MR) is 263 cm³/mol. The third kappa shape index (κ3) is 10.3. The zero-order chi connectivity index (χ0) is 51.0. The van der Waals surface area contributed by atoms with Gasteiger partial charge in [0.15, 0.2) is 11.4 Å². The molecule has 17 nitrogen and oxygen atoms in total. The molecule has 2 saturated heterocycles. The third-order valence-corrected chi connectivity index (χ3v) is 15.4. The van der Waals surface area contributed by atoms with Gasteiger partial charge in [-0.25, -0.2) is 4.79 Å². The Kier molecular flexibility index (Phi) is 16.1. The summed E-state index contributed by atoms with van der Waals surface area (Å²) in [6.45, 7) is 20.1. The van der Waals surface area contributed by atoms with Crippen molar-refractivity contribution in [1.82, 2.24) is 9.80 Å². The first kappa shape index (κ1) is 52.7. The first-order chi connectivity index (χ1) is 33.1. The highest BCUT2D eigenvalue weighted by Crippen LogP contribution is 2.50. The van der Waals surface area contributed by atoms with Crippen molar-refractivity contribution in [2.45, 2.75) is 130 Å². The van der Waals surface area contributed by atoms with Crippen LogP contribution in [0, 0.1) is 42.4 Å². The Morgan fingerprint density at radius 1 is 0.914 bits per heavy atom. The second kappa shape index (κ2) is 21.3. The molecule has 5 N–H and O–H groups in total. The van der Waals surface area contributed by atoms with E-state index in [-0.39, 0.29) is 55.4 Å². The van der Waals surface area contributed by atoms with Crippen LogP contribution in [0.5, 0.6) is 17.2 Å². The minimum absolute atomic E-state index is 0.0362. The lowest BCUT2D eigenvalue weighted by molar-refractivity contribution is -0.112. The van der Waals surface area contributed by atoms with Crippen molar-refractivity contribution in [3.8, 4) is 17.2 Å². The number of Topliss-reactive ketones (excluding diaryl/α,β-unsaturated/α-hetero) is 1. The molecule has 2 aromatic carbocycles. The van der Waals surface area contributed by atoms with Gasteiger partial charge in [0.2, 0.25) is 0 Å². The van der Waals surface area contributed by atoms with Crippen molar-refractivity contribution in [3.05, 3.63) is 58.0 Å². The van der Waals surface area contributed by atoms with Crippen LogP contribution >= 0.6 is 0 Å². The normalized spacial score (nSPS) is 31.6. The number of ether oxygens (including phenoxy) is 5. The number of aromatic hydroxyl groups is 2. The van der Waals surface area contributed by atoms with Crippen LogP contribution in [0.1, 0.15) is 103 Å². The van der Waals surface area contributed by atoms with E-state index in [2.05, 4.69) is 24.1 Å². The summed E-state index contributed by atoms with van der Waals surface area (Å²) in [6, 6.07) is 0. The van der Waals surface area contributed by atoms with Gasteiger partial charge in [-0.05, 0) is 51.0 Å². The molecule has 0 aliphatic carbocycles. The van der Waals surface area contributed by atoms with Crippen LogP contribution in [0.4, 0.5) is 10.5 Å². The number of nitrogens with one attached hydrogen (secondary N) is 1. The predicted octanol–water partition coefficient (Wildman–Crippen LogP) is 6.07. The SMILES string of the molecule is COCCC1CCN(C(=O)O[C@H]2[C@H](C)[C@H](O)[C@H](C)[C@@H](O)[C@@H](C)/C=C/C=C(/C)C(=O)Nc3c(O)c4c(O)c(C)c5c(c4c4c3=NC3(CCN(CC(C)C)CC3)N=4)C(=O)[C@@](C)(O/C=C/[C@H](OC)[C@H]2C)O5)CC1. The van der Waals surface area contributed by atoms with Crippen LogP contribution < -0.4 is 20.8 Å². The fourth-order valence-corrected chi connectivity index (χ4v) is 10.9. The number of allylic oxidation sites excluding steroid dienone is 2. The van der Waals surface area contributed by atoms with Gasteiger partial charge in [0.05, 0.1) is 40.9 Å². The Hall–Kier alpha value is -5.07. The number of likely N-dealkylation sites (tertiary alicyclic amines) is 2. The summed E-state index contributed by atoms with van der Waals surface area (Å²) < 4.78 is 30.2. The summed E-state index contributed by atoms with van der Waals surface area (Å²) >= 11 is 0. The highest BCUT2D eigenvalue weighted by atomic mass is 16.7. The molecule has 70 heavy (non-hydrogen) atoms. The lowest BCUT2D eigenvalue weighted by atomic mass is 9.78. The number of ketones is 1. The van der Waals surface area contributed by atoms with Gasteiger partial charge in [-0.3, -0.25) is 19.6 Å². The molecule has 0 aromatic heterocycles. The van der Waals surface area contributed by atoms with Crippen molar-refractivity contribution < 1.29 is 58.5 Å². The molecule has 5 bridgehead atoms. The molecular formula is C53H75N5O12. The molecular weight excluding hydrogens is 899 g/mol. The Bertz CT molecular complexity index is 2530. The number of nitrogens with zero attached hydrogens (tertiary/aromatic N) is 4. The quantitative estimate of drug-likeness (QED) is 0.199. The standard InChI is InChI=1S/C53H75N5O12/c1-28(2)27-57-23-19-53(20-24-57)55-40-37-38-45(61)34(8)48-39(37)49(63)52(9,70-48)68-26-18-36(67-11)31(5)47(69-51(65)58-21-15-35(16-22-58)17-25-66-10)33(7)44(60)32(6)43(59)29(3)13-12-14-30(4)50(64)54-42(46(38)62)41(40)56-53/h12-14,18,26,28-29,31-33,35-36,43-44,47,59-62H,15-17,19-25,27H2,1-11H3,(H,54,64)/b13-12+,26-18+,30-14-/t29-,31+,32+,33+,36-,43-,44+,47+,52-/m0/s1. The maximum atomic E-state index is 14.9. The smallest absolute Gasteiger partial charge is 0.410 e. The number of fused-ring (bicyclic) bond motifs is 13. The lowest BCUT2D eigenvalue weighted by Gasteiger charge is -2.39. The Balaban J connectivity index is 1.31. The second-order valence-corrected chi connectivity index (χ2v) is 20.9. The monoisotopic (exact) mass is 974 g/mol. The highest BCUT2D eigenvalue weighted by Gasteiger charge is 2.50. The number of anilines is 1. The average Bonchev–Trinajstić information content (AvgIpc) is 3.84. The van der Waals surface area contributed by atoms with Gasteiger partial charge in [-0.1, -0.05) is 59.8 Å². The molecule has 1 spiro atoms. The summed E-state index contributed by atoms with van der Waals surface area (Å²) in [7, 11) is 3.17. The number of hydrogen-bond donors (Lipinski definition) is 5. The van der Waals surface area contributed by atoms with E-state index in [4.69, 9.17) is 33.7 Å². The molecule has 6 aliphatic heterocycles. The molecule has 0 radical (unpaired) electrons. The first-order valence-corrected chi connectivity index (χ1v) is 25.0. The van der Waals surface area contributed by atoms with Crippen LogP contribution in [-0.4, -0.2) is 137 Å². The number of benzene rings is 2. The molecule has 8 rings (SSSR count). The average molecular weight is 974 g/mol. The zero-order valence-corrected chi connectivity index (χ0v) is 42.8. The molecule has 9 atom stereocenters. The van der Waals surface area contributed by atoms with Gasteiger partial charge in [0, 0.05) is 114 Å². The van der Waals surface area contributed by atoms with E-state index in [9.17, 15) is 34.8 Å². The van der Waals surface area contributed by atoms with Crippen LogP contribution in [0.25, 0.3) is 10.8 Å². The highest BCUT2D eigenvalue weighted by molar-refractivity contribution is 6.19. The number of piperidine rings is 2. The first-order valence-electron chi connectivity index (χ1n) is 25.0. The van der Waals surface area contributed by atoms with E-state index < -0.39 is 83.1 Å². The van der Waals surface area contributed by atoms with Crippen LogP contribution in [0.2, 0.25) is 0 Å². The lowest BCUT2D eigenvalue weighted by Crippen LogP contribution is -2.49. The molecule has 6 aliphatic rings. The molecule has 6 heterocycles. The van der Waals surface area contributed by atoms with E-state index in [1.54, 1.807) is 70.9 Å². The number of carbonyl (C=O) groups is 3. The molecule has 17 heteroatoms. The third-order valence-electron chi connectivity index (χ3n) is 15.4.